The number of hydrogen-bond donors (Lipinski definition) is 2. The summed E-state index contributed by atoms with van der Waals surface area (Å²) >= 11 is 1.60. The van der Waals surface area contributed by atoms with Crippen molar-refractivity contribution < 1.29 is 9.90 Å². The molecule has 1 amide bonds. The molecule has 23 heavy (non-hydrogen) atoms. The van der Waals surface area contributed by atoms with E-state index >= 15 is 0 Å². The summed E-state index contributed by atoms with van der Waals surface area (Å²) in [4.78, 5) is 22.1. The average molecular weight is 333 g/mol. The molecule has 1 aromatic carbocycles. The highest BCUT2D eigenvalue weighted by Crippen LogP contribution is 2.29. The third-order valence-corrected chi connectivity index (χ3v) is 5.65. The summed E-state index contributed by atoms with van der Waals surface area (Å²) in [5.74, 6) is 1.73. The number of amides is 1. The molecule has 1 aliphatic rings. The molecule has 5 nitrogen and oxygen atoms in total. The number of thioether (sulfide) groups is 1. The minimum Gasteiger partial charge on any atom is -0.393 e. The van der Waals surface area contributed by atoms with Crippen molar-refractivity contribution in [3.8, 4) is 0 Å². The van der Waals surface area contributed by atoms with Gasteiger partial charge in [-0.25, -0.2) is 4.98 Å². The Hall–Kier alpha value is -1.53. The zero-order valence-electron chi connectivity index (χ0n) is 13.5. The maximum Gasteiger partial charge on any atom is 0.232 e. The first-order valence-corrected chi connectivity index (χ1v) is 9.11. The smallest absolute Gasteiger partial charge is 0.232 e. The quantitative estimate of drug-likeness (QED) is 0.882. The molecule has 0 saturated carbocycles. The van der Waals surface area contributed by atoms with Crippen LogP contribution in [0.15, 0.2) is 24.3 Å². The third kappa shape index (κ3) is 3.70. The second-order valence-corrected chi connectivity index (χ2v) is 7.55. The van der Waals surface area contributed by atoms with Crippen LogP contribution in [-0.2, 0) is 4.79 Å². The lowest BCUT2D eigenvalue weighted by atomic mass is 10.0. The fraction of sp³-hybridized carbons (Fsp3) is 0.529. The SMILES string of the molecule is CC(SCC(=O)N1CCC(C(C)O)C1)c1nc2ccccc2[nH]1. The Kier molecular flexibility index (Phi) is 4.92. The summed E-state index contributed by atoms with van der Waals surface area (Å²) in [6, 6.07) is 7.95. The third-order valence-electron chi connectivity index (χ3n) is 4.51. The second-order valence-electron chi connectivity index (χ2n) is 6.22. The Labute approximate surface area is 140 Å². The van der Waals surface area contributed by atoms with Crippen LogP contribution < -0.4 is 0 Å². The Balaban J connectivity index is 1.54. The molecule has 124 valence electrons. The minimum absolute atomic E-state index is 0.140. The van der Waals surface area contributed by atoms with Gasteiger partial charge in [0, 0.05) is 19.0 Å². The molecule has 0 bridgehead atoms. The summed E-state index contributed by atoms with van der Waals surface area (Å²) in [6.45, 7) is 5.30. The first-order valence-electron chi connectivity index (χ1n) is 8.06. The van der Waals surface area contributed by atoms with Gasteiger partial charge in [-0.3, -0.25) is 4.79 Å². The van der Waals surface area contributed by atoms with Crippen LogP contribution in [-0.4, -0.2) is 50.8 Å². The van der Waals surface area contributed by atoms with Crippen LogP contribution in [0.25, 0.3) is 11.0 Å². The number of H-pyrrole nitrogens is 1. The van der Waals surface area contributed by atoms with E-state index < -0.39 is 0 Å². The number of benzene rings is 1. The molecule has 6 heteroatoms. The van der Waals surface area contributed by atoms with Crippen LogP contribution in [0.3, 0.4) is 0 Å². The molecule has 1 saturated heterocycles. The molecule has 0 spiro atoms. The van der Waals surface area contributed by atoms with E-state index in [4.69, 9.17) is 0 Å². The van der Waals surface area contributed by atoms with E-state index in [9.17, 15) is 9.90 Å². The number of aromatic amines is 1. The number of imidazole rings is 1. The molecule has 1 aliphatic heterocycles. The largest absolute Gasteiger partial charge is 0.393 e. The number of aromatic nitrogens is 2. The van der Waals surface area contributed by atoms with E-state index in [1.165, 1.54) is 0 Å². The van der Waals surface area contributed by atoms with Gasteiger partial charge in [0.2, 0.25) is 5.91 Å². The number of fused-ring (bicyclic) bond motifs is 1. The topological polar surface area (TPSA) is 69.2 Å². The van der Waals surface area contributed by atoms with Crippen LogP contribution in [0.5, 0.6) is 0 Å². The first-order chi connectivity index (χ1) is 11.0. The highest BCUT2D eigenvalue weighted by molar-refractivity contribution is 8.00. The summed E-state index contributed by atoms with van der Waals surface area (Å²) in [5.41, 5.74) is 1.99. The predicted octanol–water partition coefficient (Wildman–Crippen LogP) is 2.59. The number of aliphatic hydroxyl groups excluding tert-OH is 1. The number of carbonyl (C=O) groups excluding carboxylic acids is 1. The molecule has 0 aliphatic carbocycles. The first kappa shape index (κ1) is 16.3. The highest BCUT2D eigenvalue weighted by atomic mass is 32.2. The second kappa shape index (κ2) is 6.93. The zero-order chi connectivity index (χ0) is 16.4. The lowest BCUT2D eigenvalue weighted by Gasteiger charge is -2.18. The van der Waals surface area contributed by atoms with Gasteiger partial charge in [-0.15, -0.1) is 11.8 Å². The fourth-order valence-electron chi connectivity index (χ4n) is 2.94. The van der Waals surface area contributed by atoms with Crippen molar-refractivity contribution in [1.29, 1.82) is 0 Å². The predicted molar refractivity (Wildman–Crippen MR) is 93.3 cm³/mol. The molecule has 3 unspecified atom stereocenters. The van der Waals surface area contributed by atoms with Crippen LogP contribution >= 0.6 is 11.8 Å². The molecular weight excluding hydrogens is 310 g/mol. The van der Waals surface area contributed by atoms with Crippen molar-refractivity contribution in [3.63, 3.8) is 0 Å². The molecule has 3 rings (SSSR count). The maximum atomic E-state index is 12.3. The number of aliphatic hydroxyl groups is 1. The number of rotatable bonds is 5. The minimum atomic E-state index is -0.338. The van der Waals surface area contributed by atoms with Gasteiger partial charge in [0.15, 0.2) is 0 Å². The Morgan fingerprint density at radius 1 is 1.48 bits per heavy atom. The van der Waals surface area contributed by atoms with E-state index in [-0.39, 0.29) is 23.2 Å². The summed E-state index contributed by atoms with van der Waals surface area (Å²) < 4.78 is 0. The van der Waals surface area contributed by atoms with E-state index in [1.54, 1.807) is 18.7 Å². The van der Waals surface area contributed by atoms with Gasteiger partial charge < -0.3 is 15.0 Å². The number of likely N-dealkylation sites (tertiary alicyclic amines) is 1. The molecule has 3 atom stereocenters. The van der Waals surface area contributed by atoms with Crippen molar-refractivity contribution in [3.05, 3.63) is 30.1 Å². The Morgan fingerprint density at radius 3 is 2.96 bits per heavy atom. The molecule has 1 aromatic heterocycles. The molecule has 2 N–H and O–H groups in total. The number of nitrogens with one attached hydrogen (secondary N) is 1. The molecular formula is C17H23N3O2S. The normalized spacial score (nSPS) is 20.8. The lowest BCUT2D eigenvalue weighted by molar-refractivity contribution is -0.127. The summed E-state index contributed by atoms with van der Waals surface area (Å²) in [7, 11) is 0. The van der Waals surface area contributed by atoms with Crippen molar-refractivity contribution in [1.82, 2.24) is 14.9 Å². The van der Waals surface area contributed by atoms with E-state index in [1.807, 2.05) is 29.2 Å². The number of carbonyl (C=O) groups is 1. The fourth-order valence-corrected chi connectivity index (χ4v) is 3.78. The molecule has 0 radical (unpaired) electrons. The molecule has 2 heterocycles. The van der Waals surface area contributed by atoms with Crippen molar-refractivity contribution in [2.24, 2.45) is 5.92 Å². The van der Waals surface area contributed by atoms with Crippen LogP contribution in [0.1, 0.15) is 31.3 Å². The van der Waals surface area contributed by atoms with Gasteiger partial charge in [-0.1, -0.05) is 12.1 Å². The monoisotopic (exact) mass is 333 g/mol. The summed E-state index contributed by atoms with van der Waals surface area (Å²) in [5, 5.41) is 9.77. The van der Waals surface area contributed by atoms with Gasteiger partial charge in [0.25, 0.3) is 0 Å². The van der Waals surface area contributed by atoms with Gasteiger partial charge in [-0.2, -0.15) is 0 Å². The lowest BCUT2D eigenvalue weighted by Crippen LogP contribution is -2.31. The molecule has 1 fully saturated rings. The maximum absolute atomic E-state index is 12.3. The van der Waals surface area contributed by atoms with Crippen molar-refractivity contribution in [2.75, 3.05) is 18.8 Å². The Bertz CT molecular complexity index is 652. The zero-order valence-corrected chi connectivity index (χ0v) is 14.3. The van der Waals surface area contributed by atoms with Gasteiger partial charge in [0.1, 0.15) is 5.82 Å². The van der Waals surface area contributed by atoms with E-state index in [2.05, 4.69) is 16.9 Å². The van der Waals surface area contributed by atoms with Gasteiger partial charge in [0.05, 0.1) is 28.1 Å². The Morgan fingerprint density at radius 2 is 2.26 bits per heavy atom. The molecule has 2 aromatic rings. The van der Waals surface area contributed by atoms with Gasteiger partial charge >= 0.3 is 0 Å². The van der Waals surface area contributed by atoms with Crippen LogP contribution in [0.4, 0.5) is 0 Å². The highest BCUT2D eigenvalue weighted by Gasteiger charge is 2.29. The standard InChI is InChI=1S/C17H23N3O2S/c1-11(21)13-7-8-20(9-13)16(22)10-23-12(2)17-18-14-5-3-4-6-15(14)19-17/h3-6,11-13,21H,7-10H2,1-2H3,(H,18,19). The number of nitrogens with zero attached hydrogens (tertiary/aromatic N) is 2. The summed E-state index contributed by atoms with van der Waals surface area (Å²) in [6.07, 6.45) is 0.558. The van der Waals surface area contributed by atoms with E-state index in [0.717, 1.165) is 29.8 Å². The van der Waals surface area contributed by atoms with Crippen molar-refractivity contribution >= 4 is 28.7 Å². The van der Waals surface area contributed by atoms with Crippen LogP contribution in [0.2, 0.25) is 0 Å². The average Bonchev–Trinajstić information content (AvgIpc) is 3.18. The van der Waals surface area contributed by atoms with Crippen LogP contribution in [0, 0.1) is 5.92 Å². The number of para-hydroxylation sites is 2. The van der Waals surface area contributed by atoms with Crippen molar-refractivity contribution in [2.45, 2.75) is 31.6 Å². The van der Waals surface area contributed by atoms with E-state index in [0.29, 0.717) is 12.3 Å². The van der Waals surface area contributed by atoms with Gasteiger partial charge in [-0.05, 0) is 32.4 Å². The number of hydrogen-bond acceptors (Lipinski definition) is 4.